The number of hydrogen-bond donors (Lipinski definition) is 2. The summed E-state index contributed by atoms with van der Waals surface area (Å²) in [5.74, 6) is -1.15. The molecule has 4 heteroatoms. The molecule has 0 radical (unpaired) electrons. The van der Waals surface area contributed by atoms with Crippen LogP contribution in [-0.2, 0) is 9.59 Å². The highest BCUT2D eigenvalue weighted by atomic mass is 16.2. The molecular weight excluding hydrogens is 288 g/mol. The molecule has 0 atom stereocenters. The number of carbonyl (C=O) groups excluding carboxylic acids is 2. The third kappa shape index (κ3) is 7.31. The van der Waals surface area contributed by atoms with E-state index < -0.39 is 11.8 Å². The van der Waals surface area contributed by atoms with Gasteiger partial charge in [-0.1, -0.05) is 57.6 Å². The predicted molar refractivity (Wildman–Crippen MR) is 95.5 cm³/mol. The molecule has 1 aromatic rings. The van der Waals surface area contributed by atoms with Gasteiger partial charge in [0.05, 0.1) is 0 Å². The maximum atomic E-state index is 11.9. The van der Waals surface area contributed by atoms with E-state index in [0.29, 0.717) is 12.2 Å². The molecule has 0 saturated carbocycles. The van der Waals surface area contributed by atoms with Crippen molar-refractivity contribution in [3.63, 3.8) is 0 Å². The van der Waals surface area contributed by atoms with E-state index in [4.69, 9.17) is 0 Å². The van der Waals surface area contributed by atoms with Crippen LogP contribution in [0.25, 0.3) is 0 Å². The lowest BCUT2D eigenvalue weighted by Crippen LogP contribution is -2.36. The molecular formula is C19H30N2O2. The van der Waals surface area contributed by atoms with Crippen molar-refractivity contribution in [1.29, 1.82) is 0 Å². The molecule has 4 nitrogen and oxygen atoms in total. The summed E-state index contributed by atoms with van der Waals surface area (Å²) < 4.78 is 0. The molecule has 128 valence electrons. The number of benzene rings is 1. The van der Waals surface area contributed by atoms with Crippen LogP contribution in [0.4, 0.5) is 5.69 Å². The van der Waals surface area contributed by atoms with E-state index in [-0.39, 0.29) is 0 Å². The molecule has 0 aromatic heterocycles. The molecule has 0 aliphatic heterocycles. The van der Waals surface area contributed by atoms with E-state index in [0.717, 1.165) is 24.0 Å². The molecule has 2 amide bonds. The van der Waals surface area contributed by atoms with Gasteiger partial charge in [-0.05, 0) is 37.5 Å². The molecule has 1 rings (SSSR count). The molecule has 2 N–H and O–H groups in total. The zero-order valence-electron chi connectivity index (χ0n) is 14.7. The maximum Gasteiger partial charge on any atom is 0.313 e. The quantitative estimate of drug-likeness (QED) is 0.532. The van der Waals surface area contributed by atoms with Crippen LogP contribution in [-0.4, -0.2) is 18.4 Å². The number of amides is 2. The molecule has 0 aliphatic carbocycles. The fourth-order valence-corrected chi connectivity index (χ4v) is 2.43. The highest BCUT2D eigenvalue weighted by molar-refractivity contribution is 6.39. The van der Waals surface area contributed by atoms with Gasteiger partial charge in [0.1, 0.15) is 0 Å². The molecule has 0 saturated heterocycles. The van der Waals surface area contributed by atoms with Crippen LogP contribution in [0.15, 0.2) is 18.2 Å². The number of aryl methyl sites for hydroxylation is 1. The van der Waals surface area contributed by atoms with Gasteiger partial charge in [0.25, 0.3) is 0 Å². The molecule has 0 aliphatic rings. The van der Waals surface area contributed by atoms with Gasteiger partial charge in [0.2, 0.25) is 0 Å². The van der Waals surface area contributed by atoms with Crippen LogP contribution >= 0.6 is 0 Å². The van der Waals surface area contributed by atoms with Crippen molar-refractivity contribution in [3.05, 3.63) is 29.3 Å². The molecule has 0 unspecified atom stereocenters. The van der Waals surface area contributed by atoms with Crippen LogP contribution in [0.1, 0.15) is 63.0 Å². The second-order valence-electron chi connectivity index (χ2n) is 6.08. The van der Waals surface area contributed by atoms with Gasteiger partial charge in [-0.25, -0.2) is 0 Å². The van der Waals surface area contributed by atoms with Crippen LogP contribution in [0, 0.1) is 13.8 Å². The Labute approximate surface area is 140 Å². The lowest BCUT2D eigenvalue weighted by molar-refractivity contribution is -0.136. The Morgan fingerprint density at radius 1 is 0.913 bits per heavy atom. The second kappa shape index (κ2) is 10.8. The highest BCUT2D eigenvalue weighted by Gasteiger charge is 2.14. The molecule has 0 heterocycles. The van der Waals surface area contributed by atoms with Crippen molar-refractivity contribution in [2.24, 2.45) is 0 Å². The predicted octanol–water partition coefficient (Wildman–Crippen LogP) is 4.11. The summed E-state index contributed by atoms with van der Waals surface area (Å²) in [6.45, 7) is 6.68. The Hall–Kier alpha value is -1.84. The summed E-state index contributed by atoms with van der Waals surface area (Å²) in [6.07, 6.45) is 8.33. The summed E-state index contributed by atoms with van der Waals surface area (Å²) in [7, 11) is 0. The smallest absolute Gasteiger partial charge is 0.313 e. The highest BCUT2D eigenvalue weighted by Crippen LogP contribution is 2.17. The fraction of sp³-hybridized carbons (Fsp3) is 0.579. The minimum absolute atomic E-state index is 0.558. The van der Waals surface area contributed by atoms with Crippen LogP contribution in [0.5, 0.6) is 0 Å². The zero-order chi connectivity index (χ0) is 17.1. The number of nitrogens with one attached hydrogen (secondary N) is 2. The Morgan fingerprint density at radius 2 is 1.57 bits per heavy atom. The third-order valence-corrected chi connectivity index (χ3v) is 4.12. The van der Waals surface area contributed by atoms with Crippen LogP contribution < -0.4 is 10.6 Å². The lowest BCUT2D eigenvalue weighted by Gasteiger charge is -2.10. The van der Waals surface area contributed by atoms with E-state index in [1.165, 1.54) is 32.1 Å². The first-order valence-electron chi connectivity index (χ1n) is 8.71. The molecule has 23 heavy (non-hydrogen) atoms. The van der Waals surface area contributed by atoms with Crippen LogP contribution in [0.2, 0.25) is 0 Å². The fourth-order valence-electron chi connectivity index (χ4n) is 2.43. The zero-order valence-corrected chi connectivity index (χ0v) is 14.7. The number of anilines is 1. The van der Waals surface area contributed by atoms with E-state index in [1.807, 2.05) is 32.0 Å². The standard InChI is InChI=1S/C19H30N2O2/c1-4-5-6-7-8-9-10-14-20-18(22)19(23)21-17-13-11-12-15(2)16(17)3/h11-13H,4-10,14H2,1-3H3,(H,20,22)(H,21,23). The molecule has 0 spiro atoms. The van der Waals surface area contributed by atoms with Crippen molar-refractivity contribution in [1.82, 2.24) is 5.32 Å². The first-order chi connectivity index (χ1) is 11.1. The number of unbranched alkanes of at least 4 members (excludes halogenated alkanes) is 6. The third-order valence-electron chi connectivity index (χ3n) is 4.12. The number of carbonyl (C=O) groups is 2. The van der Waals surface area contributed by atoms with Gasteiger partial charge in [-0.15, -0.1) is 0 Å². The average Bonchev–Trinajstić information content (AvgIpc) is 2.54. The largest absolute Gasteiger partial charge is 0.348 e. The molecule has 0 bridgehead atoms. The minimum atomic E-state index is -0.596. The van der Waals surface area contributed by atoms with Gasteiger partial charge in [-0.3, -0.25) is 9.59 Å². The molecule has 0 fully saturated rings. The summed E-state index contributed by atoms with van der Waals surface area (Å²) in [6, 6.07) is 5.66. The summed E-state index contributed by atoms with van der Waals surface area (Å²) in [4.78, 5) is 23.7. The topological polar surface area (TPSA) is 58.2 Å². The van der Waals surface area contributed by atoms with Crippen molar-refractivity contribution in [2.75, 3.05) is 11.9 Å². The van der Waals surface area contributed by atoms with E-state index in [1.54, 1.807) is 0 Å². The number of rotatable bonds is 9. The summed E-state index contributed by atoms with van der Waals surface area (Å²) >= 11 is 0. The van der Waals surface area contributed by atoms with Gasteiger partial charge in [0.15, 0.2) is 0 Å². The Kier molecular flexibility index (Phi) is 9.03. The average molecular weight is 318 g/mol. The van der Waals surface area contributed by atoms with Crippen LogP contribution in [0.3, 0.4) is 0 Å². The van der Waals surface area contributed by atoms with E-state index in [2.05, 4.69) is 17.6 Å². The normalized spacial score (nSPS) is 10.4. The SMILES string of the molecule is CCCCCCCCCNC(=O)C(=O)Nc1cccc(C)c1C. The van der Waals surface area contributed by atoms with Gasteiger partial charge in [0, 0.05) is 12.2 Å². The monoisotopic (exact) mass is 318 g/mol. The maximum absolute atomic E-state index is 11.9. The van der Waals surface area contributed by atoms with Crippen molar-refractivity contribution in [3.8, 4) is 0 Å². The Bertz CT molecular complexity index is 512. The number of hydrogen-bond acceptors (Lipinski definition) is 2. The van der Waals surface area contributed by atoms with E-state index >= 15 is 0 Å². The lowest BCUT2D eigenvalue weighted by atomic mass is 10.1. The van der Waals surface area contributed by atoms with Gasteiger partial charge < -0.3 is 10.6 Å². The van der Waals surface area contributed by atoms with Crippen molar-refractivity contribution >= 4 is 17.5 Å². The first-order valence-corrected chi connectivity index (χ1v) is 8.71. The van der Waals surface area contributed by atoms with Gasteiger partial charge in [-0.2, -0.15) is 0 Å². The van der Waals surface area contributed by atoms with Crippen molar-refractivity contribution < 1.29 is 9.59 Å². The van der Waals surface area contributed by atoms with Crippen molar-refractivity contribution in [2.45, 2.75) is 65.7 Å². The minimum Gasteiger partial charge on any atom is -0.348 e. The second-order valence-corrected chi connectivity index (χ2v) is 6.08. The molecule has 1 aromatic carbocycles. The summed E-state index contributed by atoms with van der Waals surface area (Å²) in [5, 5.41) is 5.36. The Morgan fingerprint density at radius 3 is 2.26 bits per heavy atom. The van der Waals surface area contributed by atoms with E-state index in [9.17, 15) is 9.59 Å². The summed E-state index contributed by atoms with van der Waals surface area (Å²) in [5.41, 5.74) is 2.77. The Balaban J connectivity index is 2.22. The first kappa shape index (κ1) is 19.2. The van der Waals surface area contributed by atoms with Gasteiger partial charge >= 0.3 is 11.8 Å².